The number of likely N-dealkylation sites (tertiary alicyclic amines) is 1. The lowest BCUT2D eigenvalue weighted by Gasteiger charge is -2.33. The predicted octanol–water partition coefficient (Wildman–Crippen LogP) is 0.616. The first kappa shape index (κ1) is 14.8. The zero-order valence-corrected chi connectivity index (χ0v) is 13.3. The highest BCUT2D eigenvalue weighted by molar-refractivity contribution is 7.99. The van der Waals surface area contributed by atoms with Gasteiger partial charge in [0.2, 0.25) is 5.91 Å². The highest BCUT2D eigenvalue weighted by atomic mass is 32.2. The van der Waals surface area contributed by atoms with Gasteiger partial charge in [0.15, 0.2) is 0 Å². The van der Waals surface area contributed by atoms with Crippen molar-refractivity contribution in [1.29, 1.82) is 0 Å². The Morgan fingerprint density at radius 3 is 3.19 bits per heavy atom. The Kier molecular flexibility index (Phi) is 4.80. The van der Waals surface area contributed by atoms with Crippen LogP contribution in [0, 0.1) is 0 Å². The Balaban J connectivity index is 1.57. The van der Waals surface area contributed by atoms with E-state index in [0.717, 1.165) is 49.8 Å². The third-order valence-corrected chi connectivity index (χ3v) is 5.44. The maximum atomic E-state index is 12.5. The van der Waals surface area contributed by atoms with Crippen LogP contribution in [0.3, 0.4) is 0 Å². The number of carbonyl (C=O) groups is 1. The van der Waals surface area contributed by atoms with Gasteiger partial charge in [0, 0.05) is 56.6 Å². The molecule has 6 nitrogen and oxygen atoms in total. The van der Waals surface area contributed by atoms with Crippen LogP contribution in [0.1, 0.15) is 31.0 Å². The van der Waals surface area contributed by atoms with Gasteiger partial charge >= 0.3 is 0 Å². The molecule has 2 fully saturated rings. The van der Waals surface area contributed by atoms with Crippen LogP contribution in [0.2, 0.25) is 0 Å². The SMILES string of the molecule is Cn1cnnc1C1CCCN(C(=O)CC2CSCCN2)C1. The number of piperidine rings is 1. The molecule has 116 valence electrons. The predicted molar refractivity (Wildman–Crippen MR) is 83.3 cm³/mol. The van der Waals surface area contributed by atoms with E-state index in [1.165, 1.54) is 0 Å². The Hall–Kier alpha value is -1.08. The minimum absolute atomic E-state index is 0.280. The van der Waals surface area contributed by atoms with Gasteiger partial charge in [0.1, 0.15) is 12.2 Å². The van der Waals surface area contributed by atoms with Crippen molar-refractivity contribution < 1.29 is 4.79 Å². The van der Waals surface area contributed by atoms with Crippen LogP contribution in [0.4, 0.5) is 0 Å². The van der Waals surface area contributed by atoms with Crippen molar-refractivity contribution >= 4 is 17.7 Å². The summed E-state index contributed by atoms with van der Waals surface area (Å²) in [6.07, 6.45) is 4.50. The quantitative estimate of drug-likeness (QED) is 0.887. The molecule has 0 radical (unpaired) electrons. The molecule has 1 amide bonds. The third-order valence-electron chi connectivity index (χ3n) is 4.31. The van der Waals surface area contributed by atoms with Crippen molar-refractivity contribution in [1.82, 2.24) is 25.0 Å². The normalized spacial score (nSPS) is 26.8. The molecule has 7 heteroatoms. The molecule has 21 heavy (non-hydrogen) atoms. The minimum atomic E-state index is 0.280. The molecule has 2 aliphatic heterocycles. The molecule has 3 heterocycles. The summed E-state index contributed by atoms with van der Waals surface area (Å²) in [5, 5.41) is 11.6. The van der Waals surface area contributed by atoms with E-state index in [9.17, 15) is 4.79 Å². The molecule has 2 unspecified atom stereocenters. The van der Waals surface area contributed by atoms with Gasteiger partial charge in [0.25, 0.3) is 0 Å². The molecule has 0 bridgehead atoms. The number of aromatic nitrogens is 3. The summed E-state index contributed by atoms with van der Waals surface area (Å²) in [5.41, 5.74) is 0. The summed E-state index contributed by atoms with van der Waals surface area (Å²) in [6, 6.07) is 0.339. The third kappa shape index (κ3) is 3.58. The summed E-state index contributed by atoms with van der Waals surface area (Å²) < 4.78 is 1.97. The molecular formula is C14H23N5OS. The Morgan fingerprint density at radius 2 is 2.48 bits per heavy atom. The van der Waals surface area contributed by atoms with Gasteiger partial charge < -0.3 is 14.8 Å². The smallest absolute Gasteiger partial charge is 0.224 e. The van der Waals surface area contributed by atoms with Crippen molar-refractivity contribution in [3.63, 3.8) is 0 Å². The zero-order chi connectivity index (χ0) is 14.7. The molecule has 0 aromatic carbocycles. The number of thioether (sulfide) groups is 1. The molecule has 1 aromatic heterocycles. The first-order valence-electron chi connectivity index (χ1n) is 7.67. The number of nitrogens with one attached hydrogen (secondary N) is 1. The fourth-order valence-electron chi connectivity index (χ4n) is 3.17. The van der Waals surface area contributed by atoms with Gasteiger partial charge in [-0.15, -0.1) is 10.2 Å². The van der Waals surface area contributed by atoms with Gasteiger partial charge in [-0.2, -0.15) is 11.8 Å². The van der Waals surface area contributed by atoms with Crippen molar-refractivity contribution in [3.8, 4) is 0 Å². The molecule has 1 N–H and O–H groups in total. The molecular weight excluding hydrogens is 286 g/mol. The van der Waals surface area contributed by atoms with Gasteiger partial charge in [-0.1, -0.05) is 0 Å². The Labute approximate surface area is 129 Å². The number of rotatable bonds is 3. The van der Waals surface area contributed by atoms with Crippen LogP contribution in [-0.4, -0.2) is 62.8 Å². The summed E-state index contributed by atoms with van der Waals surface area (Å²) >= 11 is 1.94. The zero-order valence-electron chi connectivity index (χ0n) is 12.5. The lowest BCUT2D eigenvalue weighted by molar-refractivity contribution is -0.132. The average Bonchev–Trinajstić information content (AvgIpc) is 2.94. The summed E-state index contributed by atoms with van der Waals surface area (Å²) in [7, 11) is 1.97. The van der Waals surface area contributed by atoms with Crippen LogP contribution in [0.15, 0.2) is 6.33 Å². The second kappa shape index (κ2) is 6.79. The van der Waals surface area contributed by atoms with Crippen molar-refractivity contribution in [2.45, 2.75) is 31.2 Å². The topological polar surface area (TPSA) is 63.1 Å². The number of hydrogen-bond acceptors (Lipinski definition) is 5. The second-order valence-electron chi connectivity index (χ2n) is 5.91. The van der Waals surface area contributed by atoms with Gasteiger partial charge in [0.05, 0.1) is 0 Å². The van der Waals surface area contributed by atoms with Crippen LogP contribution in [-0.2, 0) is 11.8 Å². The molecule has 2 atom stereocenters. The molecule has 1 aromatic rings. The van der Waals surface area contributed by atoms with Gasteiger partial charge in [-0.05, 0) is 12.8 Å². The fraction of sp³-hybridized carbons (Fsp3) is 0.786. The standard InChI is InChI=1S/C14H23N5OS/c1-18-10-16-17-14(18)11-3-2-5-19(8-11)13(20)7-12-9-21-6-4-15-12/h10-12,15H,2-9H2,1H3. The minimum Gasteiger partial charge on any atom is -0.342 e. The maximum Gasteiger partial charge on any atom is 0.224 e. The van der Waals surface area contributed by atoms with E-state index < -0.39 is 0 Å². The van der Waals surface area contributed by atoms with E-state index in [0.29, 0.717) is 18.4 Å². The highest BCUT2D eigenvalue weighted by Crippen LogP contribution is 2.25. The van der Waals surface area contributed by atoms with Crippen LogP contribution >= 0.6 is 11.8 Å². The first-order valence-corrected chi connectivity index (χ1v) is 8.82. The Bertz CT molecular complexity index is 485. The van der Waals surface area contributed by atoms with Crippen molar-refractivity contribution in [3.05, 3.63) is 12.2 Å². The largest absolute Gasteiger partial charge is 0.342 e. The number of hydrogen-bond donors (Lipinski definition) is 1. The van der Waals surface area contributed by atoms with Gasteiger partial charge in [-0.3, -0.25) is 4.79 Å². The van der Waals surface area contributed by atoms with E-state index in [2.05, 4.69) is 15.5 Å². The lowest BCUT2D eigenvalue weighted by Crippen LogP contribution is -2.45. The van der Waals surface area contributed by atoms with Crippen molar-refractivity contribution in [2.75, 3.05) is 31.1 Å². The number of carbonyl (C=O) groups excluding carboxylic acids is 1. The fourth-order valence-corrected chi connectivity index (χ4v) is 4.12. The molecule has 2 saturated heterocycles. The molecule has 0 aliphatic carbocycles. The first-order chi connectivity index (χ1) is 10.2. The van der Waals surface area contributed by atoms with Crippen LogP contribution < -0.4 is 5.32 Å². The average molecular weight is 309 g/mol. The van der Waals surface area contributed by atoms with Crippen LogP contribution in [0.5, 0.6) is 0 Å². The maximum absolute atomic E-state index is 12.5. The van der Waals surface area contributed by atoms with Crippen LogP contribution in [0.25, 0.3) is 0 Å². The van der Waals surface area contributed by atoms with E-state index in [1.807, 2.05) is 28.3 Å². The summed E-state index contributed by atoms with van der Waals surface area (Å²) in [4.78, 5) is 14.5. The monoisotopic (exact) mass is 309 g/mol. The molecule has 3 rings (SSSR count). The Morgan fingerprint density at radius 1 is 1.57 bits per heavy atom. The summed E-state index contributed by atoms with van der Waals surface area (Å²) in [5.74, 6) is 3.80. The molecule has 2 aliphatic rings. The second-order valence-corrected chi connectivity index (χ2v) is 7.06. The highest BCUT2D eigenvalue weighted by Gasteiger charge is 2.28. The van der Waals surface area contributed by atoms with E-state index in [1.54, 1.807) is 6.33 Å². The van der Waals surface area contributed by atoms with E-state index in [4.69, 9.17) is 0 Å². The van der Waals surface area contributed by atoms with Gasteiger partial charge in [-0.25, -0.2) is 0 Å². The molecule has 0 saturated carbocycles. The van der Waals surface area contributed by atoms with E-state index >= 15 is 0 Å². The number of aryl methyl sites for hydroxylation is 1. The summed E-state index contributed by atoms with van der Waals surface area (Å²) in [6.45, 7) is 2.68. The number of amides is 1. The number of nitrogens with zero attached hydrogens (tertiary/aromatic N) is 4. The lowest BCUT2D eigenvalue weighted by atomic mass is 9.96. The van der Waals surface area contributed by atoms with E-state index in [-0.39, 0.29) is 5.91 Å². The van der Waals surface area contributed by atoms with Crippen molar-refractivity contribution in [2.24, 2.45) is 7.05 Å². The molecule has 0 spiro atoms.